The molecule has 0 unspecified atom stereocenters. The average Bonchev–Trinajstić information content (AvgIpc) is 3.13. The number of benzene rings is 2. The van der Waals surface area contributed by atoms with Gasteiger partial charge in [0.1, 0.15) is 5.82 Å². The smallest absolute Gasteiger partial charge is 0.251 e. The zero-order valence-corrected chi connectivity index (χ0v) is 16.5. The minimum Gasteiger partial charge on any atom is -0.348 e. The van der Waals surface area contributed by atoms with Crippen LogP contribution in [0.1, 0.15) is 28.7 Å². The highest BCUT2D eigenvalue weighted by Crippen LogP contribution is 2.13. The highest BCUT2D eigenvalue weighted by molar-refractivity contribution is 7.92. The van der Waals surface area contributed by atoms with Gasteiger partial charge in [0.05, 0.1) is 5.75 Å². The third-order valence-corrected chi connectivity index (χ3v) is 5.60. The van der Waals surface area contributed by atoms with Crippen molar-refractivity contribution in [1.82, 2.24) is 14.9 Å². The SMILES string of the molecule is CCS(=O)(=O)Nc1ccc(C(=O)NCc2ccc(-n3ccnc3C)cc2)cc1. The summed E-state index contributed by atoms with van der Waals surface area (Å²) in [6.07, 6.45) is 3.65. The molecule has 0 aliphatic carbocycles. The molecule has 0 radical (unpaired) electrons. The molecule has 1 heterocycles. The Kier molecular flexibility index (Phi) is 5.79. The molecule has 2 aromatic carbocycles. The van der Waals surface area contributed by atoms with Crippen LogP contribution in [0.25, 0.3) is 5.69 Å². The van der Waals surface area contributed by atoms with Crippen LogP contribution < -0.4 is 10.0 Å². The molecule has 28 heavy (non-hydrogen) atoms. The van der Waals surface area contributed by atoms with Crippen molar-refractivity contribution in [3.63, 3.8) is 0 Å². The van der Waals surface area contributed by atoms with E-state index in [0.717, 1.165) is 17.1 Å². The normalized spacial score (nSPS) is 11.2. The van der Waals surface area contributed by atoms with Gasteiger partial charge in [0, 0.05) is 35.9 Å². The molecule has 0 atom stereocenters. The second kappa shape index (κ2) is 8.26. The summed E-state index contributed by atoms with van der Waals surface area (Å²) in [6, 6.07) is 14.2. The van der Waals surface area contributed by atoms with Crippen molar-refractivity contribution in [2.24, 2.45) is 0 Å². The third kappa shape index (κ3) is 4.77. The zero-order chi connectivity index (χ0) is 20.1. The maximum Gasteiger partial charge on any atom is 0.251 e. The Balaban J connectivity index is 1.59. The van der Waals surface area contributed by atoms with E-state index in [4.69, 9.17) is 0 Å². The highest BCUT2D eigenvalue weighted by atomic mass is 32.2. The monoisotopic (exact) mass is 398 g/mol. The Morgan fingerprint density at radius 1 is 1.07 bits per heavy atom. The lowest BCUT2D eigenvalue weighted by Crippen LogP contribution is -2.22. The van der Waals surface area contributed by atoms with Gasteiger partial charge in [-0.2, -0.15) is 0 Å². The van der Waals surface area contributed by atoms with Gasteiger partial charge in [0.15, 0.2) is 0 Å². The van der Waals surface area contributed by atoms with E-state index in [1.54, 1.807) is 37.4 Å². The van der Waals surface area contributed by atoms with Gasteiger partial charge in [-0.05, 0) is 55.8 Å². The van der Waals surface area contributed by atoms with Crippen molar-refractivity contribution < 1.29 is 13.2 Å². The van der Waals surface area contributed by atoms with Crippen LogP contribution in [0.4, 0.5) is 5.69 Å². The van der Waals surface area contributed by atoms with E-state index in [2.05, 4.69) is 15.0 Å². The average molecular weight is 398 g/mol. The van der Waals surface area contributed by atoms with Gasteiger partial charge in [-0.1, -0.05) is 12.1 Å². The zero-order valence-electron chi connectivity index (χ0n) is 15.7. The minimum atomic E-state index is -3.33. The predicted molar refractivity (Wildman–Crippen MR) is 109 cm³/mol. The van der Waals surface area contributed by atoms with Gasteiger partial charge >= 0.3 is 0 Å². The predicted octanol–water partition coefficient (Wildman–Crippen LogP) is 2.87. The van der Waals surface area contributed by atoms with E-state index in [-0.39, 0.29) is 11.7 Å². The van der Waals surface area contributed by atoms with Crippen LogP contribution in [0.3, 0.4) is 0 Å². The van der Waals surface area contributed by atoms with Crippen LogP contribution in [0.5, 0.6) is 0 Å². The first-order valence-electron chi connectivity index (χ1n) is 8.86. The standard InChI is InChI=1S/C20H22N4O3S/c1-3-28(26,27)23-18-8-6-17(7-9-18)20(25)22-14-16-4-10-19(11-5-16)24-13-12-21-15(24)2/h4-13,23H,3,14H2,1-2H3,(H,22,25). The van der Waals surface area contributed by atoms with Crippen LogP contribution in [-0.4, -0.2) is 29.6 Å². The second-order valence-corrected chi connectivity index (χ2v) is 8.29. The number of hydrogen-bond acceptors (Lipinski definition) is 4. The molecule has 0 aliphatic rings. The Labute approximate surface area is 164 Å². The van der Waals surface area contributed by atoms with E-state index in [9.17, 15) is 13.2 Å². The van der Waals surface area contributed by atoms with Gasteiger partial charge in [-0.15, -0.1) is 0 Å². The Morgan fingerprint density at radius 3 is 2.32 bits per heavy atom. The Hall–Kier alpha value is -3.13. The summed E-state index contributed by atoms with van der Waals surface area (Å²) in [5, 5.41) is 2.86. The van der Waals surface area contributed by atoms with Crippen LogP contribution in [-0.2, 0) is 16.6 Å². The Morgan fingerprint density at radius 2 is 1.75 bits per heavy atom. The summed E-state index contributed by atoms with van der Waals surface area (Å²) >= 11 is 0. The number of carbonyl (C=O) groups is 1. The minimum absolute atomic E-state index is 0.00551. The molecule has 7 nitrogen and oxygen atoms in total. The maximum absolute atomic E-state index is 12.3. The molecule has 1 amide bonds. The molecule has 0 bridgehead atoms. The van der Waals surface area contributed by atoms with Gasteiger partial charge in [0.2, 0.25) is 10.0 Å². The first-order chi connectivity index (χ1) is 13.4. The van der Waals surface area contributed by atoms with Crippen molar-refractivity contribution in [1.29, 1.82) is 0 Å². The summed E-state index contributed by atoms with van der Waals surface area (Å²) in [7, 11) is -3.33. The summed E-state index contributed by atoms with van der Waals surface area (Å²) in [5.74, 6) is 0.680. The first kappa shape index (κ1) is 19.6. The molecular formula is C20H22N4O3S. The van der Waals surface area contributed by atoms with Crippen molar-refractivity contribution in [2.45, 2.75) is 20.4 Å². The summed E-state index contributed by atoms with van der Waals surface area (Å²) in [6.45, 7) is 3.89. The fraction of sp³-hybridized carbons (Fsp3) is 0.200. The molecule has 3 aromatic rings. The van der Waals surface area contributed by atoms with Crippen LogP contribution in [0.15, 0.2) is 60.9 Å². The van der Waals surface area contributed by atoms with Crippen LogP contribution in [0.2, 0.25) is 0 Å². The number of imidazole rings is 1. The molecule has 1 aromatic heterocycles. The summed E-state index contributed by atoms with van der Waals surface area (Å²) < 4.78 is 27.6. The summed E-state index contributed by atoms with van der Waals surface area (Å²) in [4.78, 5) is 16.5. The fourth-order valence-electron chi connectivity index (χ4n) is 2.65. The quantitative estimate of drug-likeness (QED) is 0.640. The lowest BCUT2D eigenvalue weighted by molar-refractivity contribution is 0.0951. The van der Waals surface area contributed by atoms with Crippen LogP contribution in [0, 0.1) is 6.92 Å². The molecule has 146 valence electrons. The number of aryl methyl sites for hydroxylation is 1. The number of sulfonamides is 1. The van der Waals surface area contributed by atoms with Crippen molar-refractivity contribution in [3.8, 4) is 5.69 Å². The number of carbonyl (C=O) groups excluding carboxylic acids is 1. The van der Waals surface area contributed by atoms with E-state index >= 15 is 0 Å². The number of nitrogens with zero attached hydrogens (tertiary/aromatic N) is 2. The second-order valence-electron chi connectivity index (χ2n) is 6.28. The largest absolute Gasteiger partial charge is 0.348 e. The molecule has 0 saturated carbocycles. The van der Waals surface area contributed by atoms with Crippen molar-refractivity contribution >= 4 is 21.6 Å². The lowest BCUT2D eigenvalue weighted by atomic mass is 10.1. The lowest BCUT2D eigenvalue weighted by Gasteiger charge is -2.09. The topological polar surface area (TPSA) is 93.1 Å². The van der Waals surface area contributed by atoms with Crippen molar-refractivity contribution in [2.75, 3.05) is 10.5 Å². The van der Waals surface area contributed by atoms with E-state index in [1.165, 1.54) is 0 Å². The van der Waals surface area contributed by atoms with Gasteiger partial charge in [0.25, 0.3) is 5.91 Å². The van der Waals surface area contributed by atoms with Crippen LogP contribution >= 0.6 is 0 Å². The number of rotatable bonds is 7. The molecule has 0 spiro atoms. The van der Waals surface area contributed by atoms with Gasteiger partial charge < -0.3 is 9.88 Å². The highest BCUT2D eigenvalue weighted by Gasteiger charge is 2.09. The van der Waals surface area contributed by atoms with E-state index in [1.807, 2.05) is 42.0 Å². The molecule has 8 heteroatoms. The molecule has 0 fully saturated rings. The number of amides is 1. The molecule has 2 N–H and O–H groups in total. The number of anilines is 1. The Bertz CT molecular complexity index is 1060. The molecule has 0 aliphatic heterocycles. The molecule has 0 saturated heterocycles. The number of nitrogens with one attached hydrogen (secondary N) is 2. The van der Waals surface area contributed by atoms with Crippen molar-refractivity contribution in [3.05, 3.63) is 77.9 Å². The van der Waals surface area contributed by atoms with Gasteiger partial charge in [-0.25, -0.2) is 13.4 Å². The number of hydrogen-bond donors (Lipinski definition) is 2. The summed E-state index contributed by atoms with van der Waals surface area (Å²) in [5.41, 5.74) is 2.88. The van der Waals surface area contributed by atoms with E-state index < -0.39 is 10.0 Å². The number of aromatic nitrogens is 2. The van der Waals surface area contributed by atoms with E-state index in [0.29, 0.717) is 17.8 Å². The van der Waals surface area contributed by atoms with Gasteiger partial charge in [-0.3, -0.25) is 9.52 Å². The fourth-order valence-corrected chi connectivity index (χ4v) is 3.29. The first-order valence-corrected chi connectivity index (χ1v) is 10.5. The third-order valence-electron chi connectivity index (χ3n) is 4.29. The molecular weight excluding hydrogens is 376 g/mol. The molecule has 3 rings (SSSR count). The maximum atomic E-state index is 12.3.